The number of nitrogens with one attached hydrogen (secondary N) is 1. The molecule has 0 heterocycles. The van der Waals surface area contributed by atoms with E-state index >= 15 is 0 Å². The van der Waals surface area contributed by atoms with Gasteiger partial charge in [0.05, 0.1) is 39.7 Å². The van der Waals surface area contributed by atoms with Gasteiger partial charge in [-0.1, -0.05) is 24.3 Å². The Morgan fingerprint density at radius 3 is 1.81 bits per heavy atom. The second-order valence-electron chi connectivity index (χ2n) is 11.4. The SMILES string of the molecule is COc1cc(N=Nc2cccc(S(=O)(=O)O)c2)ccc1N=Nc1ccc(N=Nc2ccc3ccc(Nc4cccc(S(=O)(=O)O)c4)cc3c2O)cc1C. The largest absolute Gasteiger partial charge is 0.505 e. The first-order chi connectivity index (χ1) is 25.3. The zero-order chi connectivity index (χ0) is 37.8. The molecule has 0 unspecified atom stereocenters. The molecule has 0 saturated heterocycles. The number of benzene rings is 6. The van der Waals surface area contributed by atoms with E-state index in [1.54, 1.807) is 72.8 Å². The third-order valence-electron chi connectivity index (χ3n) is 7.67. The monoisotopic (exact) mass is 751 g/mol. The van der Waals surface area contributed by atoms with Gasteiger partial charge >= 0.3 is 0 Å². The maximum atomic E-state index is 11.5. The summed E-state index contributed by atoms with van der Waals surface area (Å²) in [6.45, 7) is 1.83. The number of methoxy groups -OCH3 is 1. The third-order valence-corrected chi connectivity index (χ3v) is 9.37. The lowest BCUT2D eigenvalue weighted by Crippen LogP contribution is -1.99. The number of phenolic OH excluding ortho intramolecular Hbond substituents is 1. The summed E-state index contributed by atoms with van der Waals surface area (Å²) in [6, 6.07) is 29.8. The highest BCUT2D eigenvalue weighted by atomic mass is 32.2. The second-order valence-corrected chi connectivity index (χ2v) is 14.2. The van der Waals surface area contributed by atoms with Crippen molar-refractivity contribution in [3.8, 4) is 11.5 Å². The Hall–Kier alpha value is -6.40. The fraction of sp³-hybridized carbons (Fsp3) is 0.0556. The molecular weight excluding hydrogens is 723 g/mol. The quantitative estimate of drug-likeness (QED) is 0.0728. The molecular formula is C36H29N7O8S2. The number of rotatable bonds is 11. The van der Waals surface area contributed by atoms with E-state index in [4.69, 9.17) is 4.74 Å². The Kier molecular flexibility index (Phi) is 10.3. The molecule has 0 aliphatic rings. The van der Waals surface area contributed by atoms with Gasteiger partial charge in [-0.05, 0) is 103 Å². The molecule has 0 spiro atoms. The molecule has 0 saturated carbocycles. The molecule has 0 fully saturated rings. The molecule has 6 rings (SSSR count). The van der Waals surface area contributed by atoms with Crippen molar-refractivity contribution in [2.75, 3.05) is 12.4 Å². The minimum atomic E-state index is -4.38. The first-order valence-corrected chi connectivity index (χ1v) is 18.4. The van der Waals surface area contributed by atoms with Crippen molar-refractivity contribution < 1.29 is 35.8 Å². The molecule has 0 amide bonds. The topological polar surface area (TPSA) is 224 Å². The third kappa shape index (κ3) is 8.92. The summed E-state index contributed by atoms with van der Waals surface area (Å²) < 4.78 is 69.9. The number of aromatic hydroxyl groups is 1. The highest BCUT2D eigenvalue weighted by Crippen LogP contribution is 2.38. The lowest BCUT2D eigenvalue weighted by Gasteiger charge is -2.10. The van der Waals surface area contributed by atoms with Gasteiger partial charge in [0.15, 0.2) is 5.75 Å². The van der Waals surface area contributed by atoms with E-state index in [0.717, 1.165) is 10.9 Å². The van der Waals surface area contributed by atoms with Gasteiger partial charge in [-0.15, -0.1) is 10.2 Å². The molecule has 4 N–H and O–H groups in total. The van der Waals surface area contributed by atoms with Crippen molar-refractivity contribution in [3.63, 3.8) is 0 Å². The number of anilines is 2. The van der Waals surface area contributed by atoms with Gasteiger partial charge in [0, 0.05) is 22.8 Å². The average Bonchev–Trinajstić information content (AvgIpc) is 3.13. The van der Waals surface area contributed by atoms with Crippen molar-refractivity contribution >= 4 is 76.5 Å². The summed E-state index contributed by atoms with van der Waals surface area (Å²) in [7, 11) is -7.28. The Bertz CT molecular complexity index is 2680. The molecule has 0 aliphatic carbocycles. The van der Waals surface area contributed by atoms with E-state index in [-0.39, 0.29) is 26.9 Å². The average molecular weight is 752 g/mol. The van der Waals surface area contributed by atoms with Crippen LogP contribution in [0.1, 0.15) is 5.56 Å². The van der Waals surface area contributed by atoms with Gasteiger partial charge in [-0.25, -0.2) is 0 Å². The Morgan fingerprint density at radius 1 is 0.566 bits per heavy atom. The number of hydrogen-bond acceptors (Lipinski definition) is 13. The predicted octanol–water partition coefficient (Wildman–Crippen LogP) is 10.3. The summed E-state index contributed by atoms with van der Waals surface area (Å²) in [4.78, 5) is -0.546. The Balaban J connectivity index is 1.16. The number of nitrogens with zero attached hydrogens (tertiary/aromatic N) is 6. The first-order valence-electron chi connectivity index (χ1n) is 15.5. The van der Waals surface area contributed by atoms with Crippen molar-refractivity contribution in [2.24, 2.45) is 30.7 Å². The molecule has 6 aromatic rings. The van der Waals surface area contributed by atoms with Crippen molar-refractivity contribution in [3.05, 3.63) is 121 Å². The van der Waals surface area contributed by atoms with Crippen LogP contribution in [0.15, 0.2) is 156 Å². The summed E-state index contributed by atoms with van der Waals surface area (Å²) >= 11 is 0. The molecule has 268 valence electrons. The van der Waals surface area contributed by atoms with Gasteiger partial charge in [0.2, 0.25) is 0 Å². The highest BCUT2D eigenvalue weighted by Gasteiger charge is 2.12. The lowest BCUT2D eigenvalue weighted by molar-refractivity contribution is 0.416. The minimum Gasteiger partial charge on any atom is -0.505 e. The molecule has 0 radical (unpaired) electrons. The van der Waals surface area contributed by atoms with E-state index in [2.05, 4.69) is 36.0 Å². The van der Waals surface area contributed by atoms with Crippen LogP contribution in [-0.2, 0) is 20.2 Å². The van der Waals surface area contributed by atoms with Crippen LogP contribution in [-0.4, -0.2) is 38.2 Å². The summed E-state index contributed by atoms with van der Waals surface area (Å²) in [6.07, 6.45) is 0. The van der Waals surface area contributed by atoms with Gasteiger partial charge in [0.25, 0.3) is 20.2 Å². The molecule has 0 atom stereocenters. The summed E-state index contributed by atoms with van der Waals surface area (Å²) in [5, 5.41) is 40.7. The van der Waals surface area contributed by atoms with Crippen LogP contribution in [0.3, 0.4) is 0 Å². The highest BCUT2D eigenvalue weighted by molar-refractivity contribution is 7.86. The standard InChI is InChI=1S/C36H29N7O8S2/c1-22-17-27(40-43-34-14-10-23-9-11-25(20-31(23)36(34)44)37-24-5-3-7-29(18-24)52(45,46)47)12-15-32(22)41-42-33-16-13-28(21-35(33)51-2)39-38-26-6-4-8-30(19-26)53(48,49)50/h3-21,37,44H,1-2H3,(H,45,46,47)(H,48,49,50). The normalized spacial score (nSPS) is 12.3. The van der Waals surface area contributed by atoms with Gasteiger partial charge in [-0.3, -0.25) is 9.11 Å². The molecule has 17 heteroatoms. The van der Waals surface area contributed by atoms with E-state index in [9.17, 15) is 31.0 Å². The fourth-order valence-corrected chi connectivity index (χ4v) is 6.06. The minimum absolute atomic E-state index is 0.100. The number of ether oxygens (including phenoxy) is 1. The van der Waals surface area contributed by atoms with Crippen molar-refractivity contribution in [1.29, 1.82) is 0 Å². The molecule has 0 bridgehead atoms. The summed E-state index contributed by atoms with van der Waals surface area (Å²) in [5.74, 6) is 0.265. The van der Waals surface area contributed by atoms with Gasteiger partial charge in [0.1, 0.15) is 17.1 Å². The zero-order valence-corrected chi connectivity index (χ0v) is 29.5. The van der Waals surface area contributed by atoms with E-state index in [1.165, 1.54) is 49.6 Å². The zero-order valence-electron chi connectivity index (χ0n) is 27.9. The molecule has 0 aromatic heterocycles. The Labute approximate surface area is 303 Å². The second kappa shape index (κ2) is 15.1. The number of aryl methyl sites for hydroxylation is 1. The van der Waals surface area contributed by atoms with Crippen LogP contribution in [0.2, 0.25) is 0 Å². The van der Waals surface area contributed by atoms with Crippen molar-refractivity contribution in [2.45, 2.75) is 16.7 Å². The maximum absolute atomic E-state index is 11.5. The molecule has 15 nitrogen and oxygen atoms in total. The molecule has 53 heavy (non-hydrogen) atoms. The number of azo groups is 3. The van der Waals surface area contributed by atoms with E-state index in [1.807, 2.05) is 6.92 Å². The smallest absolute Gasteiger partial charge is 0.294 e. The maximum Gasteiger partial charge on any atom is 0.294 e. The number of fused-ring (bicyclic) bond motifs is 1. The van der Waals surface area contributed by atoms with Crippen LogP contribution in [0.5, 0.6) is 11.5 Å². The van der Waals surface area contributed by atoms with Crippen LogP contribution in [0, 0.1) is 6.92 Å². The van der Waals surface area contributed by atoms with Crippen LogP contribution in [0.25, 0.3) is 10.8 Å². The summed E-state index contributed by atoms with van der Waals surface area (Å²) in [5.41, 5.74) is 4.08. The van der Waals surface area contributed by atoms with Gasteiger partial charge in [-0.2, -0.15) is 37.3 Å². The van der Waals surface area contributed by atoms with Gasteiger partial charge < -0.3 is 15.2 Å². The number of phenols is 1. The van der Waals surface area contributed by atoms with E-state index in [0.29, 0.717) is 45.3 Å². The van der Waals surface area contributed by atoms with E-state index < -0.39 is 20.2 Å². The number of hydrogen-bond donors (Lipinski definition) is 4. The first kappa shape index (κ1) is 36.4. The fourth-order valence-electron chi connectivity index (χ4n) is 5.02. The van der Waals surface area contributed by atoms with Crippen LogP contribution in [0.4, 0.5) is 45.5 Å². The molecule has 0 aliphatic heterocycles. The molecule has 6 aromatic carbocycles. The van der Waals surface area contributed by atoms with Crippen molar-refractivity contribution in [1.82, 2.24) is 0 Å². The predicted molar refractivity (Wildman–Crippen MR) is 198 cm³/mol. The Morgan fingerprint density at radius 2 is 1.11 bits per heavy atom. The van der Waals surface area contributed by atoms with Crippen LogP contribution >= 0.6 is 0 Å². The lowest BCUT2D eigenvalue weighted by atomic mass is 10.1. The van der Waals surface area contributed by atoms with Crippen LogP contribution < -0.4 is 10.1 Å².